The summed E-state index contributed by atoms with van der Waals surface area (Å²) in [6.07, 6.45) is 19.0. The van der Waals surface area contributed by atoms with E-state index in [1.54, 1.807) is 0 Å². The van der Waals surface area contributed by atoms with Gasteiger partial charge in [-0.25, -0.2) is 0 Å². The van der Waals surface area contributed by atoms with Gasteiger partial charge in [-0.1, -0.05) is 63.2 Å². The highest BCUT2D eigenvalue weighted by molar-refractivity contribution is 5.54. The van der Waals surface area contributed by atoms with Crippen molar-refractivity contribution in [1.29, 1.82) is 0 Å². The van der Waals surface area contributed by atoms with Gasteiger partial charge in [0.25, 0.3) is 0 Å². The second-order valence-electron chi connectivity index (χ2n) is 7.32. The maximum Gasteiger partial charge on any atom is 0.119 e. The Hall–Kier alpha value is -1.94. The monoisotopic (exact) mass is 350 g/mol. The SMILES string of the molecule is CCCC[C@H]1CC[C@H](/C=C/C#C/C=C/c2ccc(OCCC)cc2)CC1. The van der Waals surface area contributed by atoms with E-state index in [0.717, 1.165) is 36.2 Å². The molecule has 1 aromatic carbocycles. The molecule has 0 radical (unpaired) electrons. The molecule has 1 heteroatoms. The molecular weight excluding hydrogens is 316 g/mol. The largest absolute Gasteiger partial charge is 0.494 e. The van der Waals surface area contributed by atoms with Crippen molar-refractivity contribution in [3.05, 3.63) is 48.1 Å². The Morgan fingerprint density at radius 3 is 2.38 bits per heavy atom. The van der Waals surface area contributed by atoms with Crippen LogP contribution in [0.25, 0.3) is 6.08 Å². The summed E-state index contributed by atoms with van der Waals surface area (Å²) in [5.74, 6) is 8.91. The smallest absolute Gasteiger partial charge is 0.119 e. The number of unbranched alkanes of at least 4 members (excludes halogenated alkanes) is 1. The molecule has 0 amide bonds. The van der Waals surface area contributed by atoms with Crippen molar-refractivity contribution in [1.82, 2.24) is 0 Å². The van der Waals surface area contributed by atoms with Gasteiger partial charge in [0.1, 0.15) is 5.75 Å². The van der Waals surface area contributed by atoms with E-state index in [9.17, 15) is 0 Å². The van der Waals surface area contributed by atoms with E-state index in [1.807, 2.05) is 30.4 Å². The van der Waals surface area contributed by atoms with Gasteiger partial charge in [0.15, 0.2) is 0 Å². The lowest BCUT2D eigenvalue weighted by molar-refractivity contribution is 0.291. The predicted octanol–water partition coefficient (Wildman–Crippen LogP) is 7.04. The quantitative estimate of drug-likeness (QED) is 0.457. The second-order valence-corrected chi connectivity index (χ2v) is 7.32. The molecule has 1 fully saturated rings. The van der Waals surface area contributed by atoms with Crippen LogP contribution in [0.5, 0.6) is 5.75 Å². The molecule has 1 saturated carbocycles. The first-order chi connectivity index (χ1) is 12.8. The average Bonchev–Trinajstić information content (AvgIpc) is 2.69. The first-order valence-corrected chi connectivity index (χ1v) is 10.4. The van der Waals surface area contributed by atoms with Gasteiger partial charge in [0.2, 0.25) is 0 Å². The highest BCUT2D eigenvalue weighted by atomic mass is 16.5. The summed E-state index contributed by atoms with van der Waals surface area (Å²) in [5.41, 5.74) is 1.15. The fourth-order valence-electron chi connectivity index (χ4n) is 3.48. The molecule has 0 aromatic heterocycles. The van der Waals surface area contributed by atoms with E-state index < -0.39 is 0 Å². The molecule has 0 bridgehead atoms. The van der Waals surface area contributed by atoms with Crippen LogP contribution in [0.15, 0.2) is 42.5 Å². The molecule has 0 N–H and O–H groups in total. The molecule has 0 heterocycles. The minimum atomic E-state index is 0.738. The molecule has 26 heavy (non-hydrogen) atoms. The molecular formula is C25H34O. The molecule has 1 nitrogen and oxygen atoms in total. The van der Waals surface area contributed by atoms with Gasteiger partial charge in [-0.2, -0.15) is 0 Å². The lowest BCUT2D eigenvalue weighted by atomic mass is 9.80. The third-order valence-electron chi connectivity index (χ3n) is 5.10. The number of ether oxygens (including phenoxy) is 1. The fourth-order valence-corrected chi connectivity index (χ4v) is 3.48. The lowest BCUT2D eigenvalue weighted by Gasteiger charge is -2.26. The Morgan fingerprint density at radius 1 is 0.962 bits per heavy atom. The molecule has 0 atom stereocenters. The lowest BCUT2D eigenvalue weighted by Crippen LogP contribution is -2.12. The minimum Gasteiger partial charge on any atom is -0.494 e. The van der Waals surface area contributed by atoms with Gasteiger partial charge in [-0.3, -0.25) is 0 Å². The van der Waals surface area contributed by atoms with E-state index in [4.69, 9.17) is 4.74 Å². The highest BCUT2D eigenvalue weighted by Gasteiger charge is 2.18. The number of rotatable bonds is 8. The van der Waals surface area contributed by atoms with Gasteiger partial charge in [-0.05, 0) is 79.9 Å². The Balaban J connectivity index is 1.69. The number of hydrogen-bond donors (Lipinski definition) is 0. The molecule has 2 rings (SSSR count). The van der Waals surface area contributed by atoms with Crippen molar-refractivity contribution < 1.29 is 4.74 Å². The number of allylic oxidation sites excluding steroid dienone is 3. The predicted molar refractivity (Wildman–Crippen MR) is 113 cm³/mol. The Bertz CT molecular complexity index is 604. The van der Waals surface area contributed by atoms with E-state index >= 15 is 0 Å². The van der Waals surface area contributed by atoms with Crippen LogP contribution in [0.2, 0.25) is 0 Å². The van der Waals surface area contributed by atoms with Gasteiger partial charge in [0, 0.05) is 0 Å². The Kier molecular flexibility index (Phi) is 9.73. The molecule has 0 saturated heterocycles. The topological polar surface area (TPSA) is 9.23 Å². The molecule has 1 aliphatic carbocycles. The zero-order valence-electron chi connectivity index (χ0n) is 16.5. The highest BCUT2D eigenvalue weighted by Crippen LogP contribution is 2.32. The third-order valence-corrected chi connectivity index (χ3v) is 5.10. The molecule has 0 spiro atoms. The van der Waals surface area contributed by atoms with Crippen molar-refractivity contribution in [3.8, 4) is 17.6 Å². The summed E-state index contributed by atoms with van der Waals surface area (Å²) >= 11 is 0. The van der Waals surface area contributed by atoms with Crippen LogP contribution in [0.1, 0.15) is 70.8 Å². The van der Waals surface area contributed by atoms with Crippen molar-refractivity contribution in [2.24, 2.45) is 11.8 Å². The van der Waals surface area contributed by atoms with Crippen LogP contribution in [-0.4, -0.2) is 6.61 Å². The Labute approximate surface area is 160 Å². The summed E-state index contributed by atoms with van der Waals surface area (Å²) in [5, 5.41) is 0. The van der Waals surface area contributed by atoms with Crippen LogP contribution in [0.4, 0.5) is 0 Å². The Morgan fingerprint density at radius 2 is 1.69 bits per heavy atom. The molecule has 1 aromatic rings. The standard InChI is InChI=1S/C25H34O/c1-3-5-10-22-13-15-23(16-14-22)11-8-6-7-9-12-24-17-19-25(20-18-24)26-21-4-2/h8-9,11-12,17-20,22-23H,3-5,10,13-16,21H2,1-2H3/b11-8+,12-9+/t22-,23-. The maximum atomic E-state index is 5.59. The first-order valence-electron chi connectivity index (χ1n) is 10.4. The maximum absolute atomic E-state index is 5.59. The second kappa shape index (κ2) is 12.4. The van der Waals surface area contributed by atoms with Crippen LogP contribution >= 0.6 is 0 Å². The summed E-state index contributed by atoms with van der Waals surface area (Å²) in [7, 11) is 0. The fraction of sp³-hybridized carbons (Fsp3) is 0.520. The van der Waals surface area contributed by atoms with Crippen molar-refractivity contribution in [2.75, 3.05) is 6.61 Å². The van der Waals surface area contributed by atoms with Gasteiger partial charge >= 0.3 is 0 Å². The van der Waals surface area contributed by atoms with Crippen LogP contribution in [-0.2, 0) is 0 Å². The van der Waals surface area contributed by atoms with E-state index in [2.05, 4.69) is 43.9 Å². The normalized spacial score (nSPS) is 20.2. The molecule has 0 aliphatic heterocycles. The van der Waals surface area contributed by atoms with E-state index in [0.29, 0.717) is 0 Å². The minimum absolute atomic E-state index is 0.738. The number of hydrogen-bond acceptors (Lipinski definition) is 1. The summed E-state index contributed by atoms with van der Waals surface area (Å²) in [6, 6.07) is 8.16. The third kappa shape index (κ3) is 7.96. The molecule has 1 aliphatic rings. The zero-order chi connectivity index (χ0) is 18.5. The number of benzene rings is 1. The van der Waals surface area contributed by atoms with Gasteiger partial charge < -0.3 is 4.74 Å². The average molecular weight is 351 g/mol. The molecule has 0 unspecified atom stereocenters. The molecule has 140 valence electrons. The van der Waals surface area contributed by atoms with Crippen LogP contribution in [0, 0.1) is 23.7 Å². The van der Waals surface area contributed by atoms with E-state index in [1.165, 1.54) is 44.9 Å². The van der Waals surface area contributed by atoms with Gasteiger partial charge in [-0.15, -0.1) is 0 Å². The van der Waals surface area contributed by atoms with Crippen LogP contribution < -0.4 is 4.74 Å². The summed E-state index contributed by atoms with van der Waals surface area (Å²) in [4.78, 5) is 0. The summed E-state index contributed by atoms with van der Waals surface area (Å²) < 4.78 is 5.59. The van der Waals surface area contributed by atoms with E-state index in [-0.39, 0.29) is 0 Å². The first kappa shape index (κ1) is 20.4. The van der Waals surface area contributed by atoms with Crippen molar-refractivity contribution >= 4 is 6.08 Å². The van der Waals surface area contributed by atoms with Gasteiger partial charge in [0.05, 0.1) is 6.61 Å². The zero-order valence-corrected chi connectivity index (χ0v) is 16.5. The van der Waals surface area contributed by atoms with Crippen molar-refractivity contribution in [3.63, 3.8) is 0 Å². The van der Waals surface area contributed by atoms with Crippen molar-refractivity contribution in [2.45, 2.75) is 65.2 Å². The van der Waals surface area contributed by atoms with Crippen LogP contribution in [0.3, 0.4) is 0 Å². The summed E-state index contributed by atoms with van der Waals surface area (Å²) in [6.45, 7) is 5.18.